The lowest BCUT2D eigenvalue weighted by molar-refractivity contribution is -0.151. The number of esters is 1. The standard InChI is InChI=1S/C23H32N2O7S/c1-30-19-9-7-18(17-20(19)33(28,29)25-13-15-32-16-14-25)8-10-21(26)24-23(22(27)31-2)11-5-3-4-6-12-23/h7-10,17H,3-6,11-16H2,1-2H3,(H,24,26). The Balaban J connectivity index is 1.81. The van der Waals surface area contributed by atoms with Gasteiger partial charge in [-0.25, -0.2) is 13.2 Å². The fourth-order valence-corrected chi connectivity index (χ4v) is 5.88. The summed E-state index contributed by atoms with van der Waals surface area (Å²) in [6.07, 6.45) is 7.58. The number of ether oxygens (including phenoxy) is 3. The maximum atomic E-state index is 13.1. The highest BCUT2D eigenvalue weighted by Gasteiger charge is 2.40. The third kappa shape index (κ3) is 5.93. The Bertz CT molecular complexity index is 977. The van der Waals surface area contributed by atoms with Crippen molar-refractivity contribution in [1.29, 1.82) is 0 Å². The third-order valence-corrected chi connectivity index (χ3v) is 8.02. The van der Waals surface area contributed by atoms with E-state index in [1.165, 1.54) is 36.7 Å². The maximum absolute atomic E-state index is 13.1. The highest BCUT2D eigenvalue weighted by atomic mass is 32.2. The number of carbonyl (C=O) groups is 2. The maximum Gasteiger partial charge on any atom is 0.331 e. The number of benzene rings is 1. The number of carbonyl (C=O) groups excluding carboxylic acids is 2. The van der Waals surface area contributed by atoms with Gasteiger partial charge in [0.2, 0.25) is 15.9 Å². The molecule has 0 aromatic heterocycles. The summed E-state index contributed by atoms with van der Waals surface area (Å²) in [6, 6.07) is 4.71. The number of amides is 1. The van der Waals surface area contributed by atoms with Crippen LogP contribution in [0.15, 0.2) is 29.2 Å². The number of hydrogen-bond donors (Lipinski definition) is 1. The molecule has 3 rings (SSSR count). The number of morpholine rings is 1. The van der Waals surface area contributed by atoms with Gasteiger partial charge in [-0.05, 0) is 36.6 Å². The van der Waals surface area contributed by atoms with Crippen molar-refractivity contribution in [2.45, 2.75) is 49.0 Å². The summed E-state index contributed by atoms with van der Waals surface area (Å²) in [7, 11) is -1.05. The molecule has 1 aliphatic heterocycles. The highest BCUT2D eigenvalue weighted by Crippen LogP contribution is 2.30. The van der Waals surface area contributed by atoms with Crippen LogP contribution in [0.4, 0.5) is 0 Å². The van der Waals surface area contributed by atoms with E-state index in [0.717, 1.165) is 25.7 Å². The first-order chi connectivity index (χ1) is 15.8. The average Bonchev–Trinajstić information content (AvgIpc) is 3.09. The molecular formula is C23H32N2O7S. The van der Waals surface area contributed by atoms with Crippen molar-refractivity contribution in [2.24, 2.45) is 0 Å². The lowest BCUT2D eigenvalue weighted by Crippen LogP contribution is -2.54. The van der Waals surface area contributed by atoms with Crippen LogP contribution in [0.2, 0.25) is 0 Å². The Morgan fingerprint density at radius 2 is 1.76 bits per heavy atom. The fraction of sp³-hybridized carbons (Fsp3) is 0.565. The molecular weight excluding hydrogens is 448 g/mol. The van der Waals surface area contributed by atoms with E-state index < -0.39 is 27.4 Å². The summed E-state index contributed by atoms with van der Waals surface area (Å²) < 4.78 is 43.1. The van der Waals surface area contributed by atoms with Crippen molar-refractivity contribution in [2.75, 3.05) is 40.5 Å². The lowest BCUT2D eigenvalue weighted by atomic mass is 9.90. The second kappa shape index (κ2) is 11.1. The van der Waals surface area contributed by atoms with E-state index in [4.69, 9.17) is 14.2 Å². The van der Waals surface area contributed by atoms with Gasteiger partial charge in [-0.3, -0.25) is 4.79 Å². The molecule has 1 aromatic carbocycles. The molecule has 0 spiro atoms. The minimum Gasteiger partial charge on any atom is -0.495 e. The van der Waals surface area contributed by atoms with E-state index in [-0.39, 0.29) is 23.7 Å². The number of rotatable bonds is 7. The van der Waals surface area contributed by atoms with Crippen LogP contribution in [0.1, 0.15) is 44.1 Å². The summed E-state index contributed by atoms with van der Waals surface area (Å²) >= 11 is 0. The molecule has 0 radical (unpaired) electrons. The fourth-order valence-electron chi connectivity index (χ4n) is 4.28. The number of sulfonamides is 1. The van der Waals surface area contributed by atoms with Crippen molar-refractivity contribution in [3.63, 3.8) is 0 Å². The number of nitrogens with one attached hydrogen (secondary N) is 1. The van der Waals surface area contributed by atoms with E-state index in [2.05, 4.69) is 5.32 Å². The first kappa shape index (κ1) is 25.2. The van der Waals surface area contributed by atoms with Crippen LogP contribution in [0, 0.1) is 0 Å². The number of methoxy groups -OCH3 is 2. The zero-order valence-corrected chi connectivity index (χ0v) is 20.0. The van der Waals surface area contributed by atoms with Crippen LogP contribution >= 0.6 is 0 Å². The van der Waals surface area contributed by atoms with Gasteiger partial charge in [0.05, 0.1) is 27.4 Å². The Labute approximate surface area is 195 Å². The molecule has 2 fully saturated rings. The van der Waals surface area contributed by atoms with Gasteiger partial charge >= 0.3 is 5.97 Å². The molecule has 0 unspecified atom stereocenters. The molecule has 9 nitrogen and oxygen atoms in total. The van der Waals surface area contributed by atoms with Crippen LogP contribution in [-0.2, 0) is 29.1 Å². The molecule has 33 heavy (non-hydrogen) atoms. The molecule has 182 valence electrons. The zero-order chi connectivity index (χ0) is 23.9. The highest BCUT2D eigenvalue weighted by molar-refractivity contribution is 7.89. The van der Waals surface area contributed by atoms with Crippen molar-refractivity contribution < 1.29 is 32.2 Å². The topological polar surface area (TPSA) is 111 Å². The Morgan fingerprint density at radius 3 is 2.36 bits per heavy atom. The van der Waals surface area contributed by atoms with Crippen molar-refractivity contribution in [3.05, 3.63) is 29.8 Å². The summed E-state index contributed by atoms with van der Waals surface area (Å²) in [6.45, 7) is 1.21. The molecule has 1 saturated heterocycles. The molecule has 10 heteroatoms. The Morgan fingerprint density at radius 1 is 1.09 bits per heavy atom. The lowest BCUT2D eigenvalue weighted by Gasteiger charge is -2.30. The second-order valence-corrected chi connectivity index (χ2v) is 10.1. The van der Waals surface area contributed by atoms with Gasteiger partial charge in [-0.15, -0.1) is 0 Å². The van der Waals surface area contributed by atoms with Crippen LogP contribution in [0.25, 0.3) is 6.08 Å². The Kier molecular flexibility index (Phi) is 8.50. The van der Waals surface area contributed by atoms with Crippen LogP contribution in [-0.4, -0.2) is 70.7 Å². The average molecular weight is 481 g/mol. The number of nitrogens with zero attached hydrogens (tertiary/aromatic N) is 1. The van der Waals surface area contributed by atoms with Crippen molar-refractivity contribution in [1.82, 2.24) is 9.62 Å². The predicted molar refractivity (Wildman–Crippen MR) is 122 cm³/mol. The van der Waals surface area contributed by atoms with Gasteiger partial charge in [0.15, 0.2) is 0 Å². The monoisotopic (exact) mass is 480 g/mol. The van der Waals surface area contributed by atoms with E-state index in [1.54, 1.807) is 12.1 Å². The SMILES string of the molecule is COC(=O)C1(NC(=O)C=Cc2ccc(OC)c(S(=O)(=O)N3CCOCC3)c2)CCCCCC1. The van der Waals surface area contributed by atoms with Crippen LogP contribution in [0.5, 0.6) is 5.75 Å². The second-order valence-electron chi connectivity index (χ2n) is 8.24. The van der Waals surface area contributed by atoms with Gasteiger partial charge in [0.1, 0.15) is 16.2 Å². The molecule has 0 atom stereocenters. The summed E-state index contributed by atoms with van der Waals surface area (Å²) in [5, 5.41) is 2.85. The molecule has 1 heterocycles. The largest absolute Gasteiger partial charge is 0.495 e. The first-order valence-electron chi connectivity index (χ1n) is 11.2. The minimum absolute atomic E-state index is 0.0317. The van der Waals surface area contributed by atoms with Crippen LogP contribution in [0.3, 0.4) is 0 Å². The summed E-state index contributed by atoms with van der Waals surface area (Å²) in [5.41, 5.74) is -0.511. The number of hydrogen-bond acceptors (Lipinski definition) is 7. The first-order valence-corrected chi connectivity index (χ1v) is 12.6. The molecule has 1 N–H and O–H groups in total. The van der Waals surface area contributed by atoms with Gasteiger partial charge in [-0.2, -0.15) is 4.31 Å². The predicted octanol–water partition coefficient (Wildman–Crippen LogP) is 2.11. The molecule has 0 bridgehead atoms. The quantitative estimate of drug-likeness (QED) is 0.361. The summed E-state index contributed by atoms with van der Waals surface area (Å²) in [4.78, 5) is 25.2. The van der Waals surface area contributed by atoms with E-state index in [0.29, 0.717) is 31.6 Å². The third-order valence-electron chi connectivity index (χ3n) is 6.10. The van der Waals surface area contributed by atoms with Crippen molar-refractivity contribution in [3.8, 4) is 5.75 Å². The minimum atomic E-state index is -3.78. The van der Waals surface area contributed by atoms with E-state index in [9.17, 15) is 18.0 Å². The molecule has 1 aliphatic carbocycles. The van der Waals surface area contributed by atoms with Crippen molar-refractivity contribution >= 4 is 28.0 Å². The van der Waals surface area contributed by atoms with E-state index in [1.807, 2.05) is 0 Å². The molecule has 1 saturated carbocycles. The summed E-state index contributed by atoms with van der Waals surface area (Å²) in [5.74, 6) is -0.642. The van der Waals surface area contributed by atoms with Gasteiger partial charge in [0, 0.05) is 19.2 Å². The molecule has 1 amide bonds. The molecule has 1 aromatic rings. The van der Waals surface area contributed by atoms with Crippen LogP contribution < -0.4 is 10.1 Å². The zero-order valence-electron chi connectivity index (χ0n) is 19.2. The molecule has 2 aliphatic rings. The van der Waals surface area contributed by atoms with Gasteiger partial charge < -0.3 is 19.5 Å². The Hall–Kier alpha value is -2.43. The normalized spacial score (nSPS) is 19.6. The van der Waals surface area contributed by atoms with E-state index >= 15 is 0 Å². The van der Waals surface area contributed by atoms with Gasteiger partial charge in [0.25, 0.3) is 0 Å². The van der Waals surface area contributed by atoms with Gasteiger partial charge in [-0.1, -0.05) is 31.7 Å². The smallest absolute Gasteiger partial charge is 0.331 e.